The van der Waals surface area contributed by atoms with E-state index < -0.39 is 0 Å². The summed E-state index contributed by atoms with van der Waals surface area (Å²) in [6, 6.07) is 13.1. The minimum atomic E-state index is -0.263. The van der Waals surface area contributed by atoms with Crippen LogP contribution in [-0.4, -0.2) is 60.3 Å². The molecule has 4 heterocycles. The van der Waals surface area contributed by atoms with E-state index in [1.165, 1.54) is 0 Å². The van der Waals surface area contributed by atoms with Crippen molar-refractivity contribution < 1.29 is 13.9 Å². The lowest BCUT2D eigenvalue weighted by atomic mass is 9.97. The van der Waals surface area contributed by atoms with Crippen molar-refractivity contribution in [3.63, 3.8) is 0 Å². The number of fused-ring (bicyclic) bond motifs is 1. The second-order valence-corrected chi connectivity index (χ2v) is 10.3. The number of nitrogens with zero attached hydrogens (tertiary/aromatic N) is 3. The third kappa shape index (κ3) is 4.56. The number of carbonyl (C=O) groups is 1. The van der Waals surface area contributed by atoms with Crippen molar-refractivity contribution in [1.82, 2.24) is 15.1 Å². The van der Waals surface area contributed by atoms with Gasteiger partial charge in [0.15, 0.2) is 5.78 Å². The van der Waals surface area contributed by atoms with Crippen LogP contribution < -0.4 is 4.90 Å². The number of ketones is 1. The van der Waals surface area contributed by atoms with Crippen molar-refractivity contribution in [3.05, 3.63) is 70.2 Å². The highest BCUT2D eigenvalue weighted by Gasteiger charge is 2.30. The molecule has 1 N–H and O–H groups in total. The molecule has 0 saturated carbocycles. The molecule has 2 aromatic heterocycles. The van der Waals surface area contributed by atoms with E-state index in [0.29, 0.717) is 49.7 Å². The van der Waals surface area contributed by atoms with E-state index in [1.54, 1.807) is 17.4 Å². The Kier molecular flexibility index (Phi) is 6.56. The Morgan fingerprint density at radius 1 is 1.08 bits per heavy atom. The lowest BCUT2D eigenvalue weighted by molar-refractivity contribution is -0.123. The molecule has 0 spiro atoms. The lowest BCUT2D eigenvalue weighted by Gasteiger charge is -2.29. The highest BCUT2D eigenvalue weighted by molar-refractivity contribution is 7.08. The summed E-state index contributed by atoms with van der Waals surface area (Å²) >= 11 is 1.63. The topological polar surface area (TPSA) is 61.5 Å². The monoisotopic (exact) mass is 504 g/mol. The molecular formula is C28H29FN4O2S. The first-order valence-corrected chi connectivity index (χ1v) is 13.5. The highest BCUT2D eigenvalue weighted by atomic mass is 32.1. The number of benzene rings is 2. The quantitative estimate of drug-likeness (QED) is 0.374. The second kappa shape index (κ2) is 10.1. The Balaban J connectivity index is 1.27. The Morgan fingerprint density at radius 2 is 1.92 bits per heavy atom. The van der Waals surface area contributed by atoms with Gasteiger partial charge < -0.3 is 9.64 Å². The number of anilines is 1. The Labute approximate surface area is 213 Å². The van der Waals surface area contributed by atoms with Crippen molar-refractivity contribution in [1.29, 1.82) is 0 Å². The summed E-state index contributed by atoms with van der Waals surface area (Å²) in [6.45, 7) is 4.51. The second-order valence-electron chi connectivity index (χ2n) is 9.56. The number of H-pyrrole nitrogens is 1. The van der Waals surface area contributed by atoms with Gasteiger partial charge in [-0.3, -0.25) is 14.8 Å². The Hall–Kier alpha value is -3.07. The molecule has 2 aliphatic heterocycles. The van der Waals surface area contributed by atoms with Crippen LogP contribution >= 0.6 is 11.3 Å². The molecule has 0 bridgehead atoms. The largest absolute Gasteiger partial charge is 0.378 e. The number of thiophene rings is 1. The van der Waals surface area contributed by atoms with Crippen molar-refractivity contribution >= 4 is 33.7 Å². The summed E-state index contributed by atoms with van der Waals surface area (Å²) < 4.78 is 20.5. The minimum Gasteiger partial charge on any atom is -0.378 e. The number of aromatic amines is 1. The number of carbonyl (C=O) groups excluding carboxylic acids is 1. The standard InChI is InChI=1S/C28H29FN4O2S/c29-23-17-20(4-6-25(23)32-10-12-35-13-11-32)27-22-15-19(3-5-24(22)30-31-27)16-26(34)28(21-7-14-36-18-21)33-8-1-2-9-33/h3-7,14-15,17-18,28H,1-2,8-13,16H2,(H,30,31). The molecule has 0 amide bonds. The van der Waals surface area contributed by atoms with Crippen LogP contribution in [0, 0.1) is 5.82 Å². The van der Waals surface area contributed by atoms with Crippen LogP contribution in [0.25, 0.3) is 22.2 Å². The summed E-state index contributed by atoms with van der Waals surface area (Å²) in [7, 11) is 0. The number of halogens is 1. The van der Waals surface area contributed by atoms with E-state index in [0.717, 1.165) is 48.0 Å². The van der Waals surface area contributed by atoms with Crippen molar-refractivity contribution in [2.45, 2.75) is 25.3 Å². The smallest absolute Gasteiger partial charge is 0.158 e. The number of hydrogen-bond donors (Lipinski definition) is 1. The van der Waals surface area contributed by atoms with Gasteiger partial charge in [0.1, 0.15) is 11.5 Å². The van der Waals surface area contributed by atoms with Crippen LogP contribution in [0.2, 0.25) is 0 Å². The molecule has 0 radical (unpaired) electrons. The van der Waals surface area contributed by atoms with Crippen LogP contribution in [0.3, 0.4) is 0 Å². The Morgan fingerprint density at radius 3 is 2.67 bits per heavy atom. The van der Waals surface area contributed by atoms with E-state index in [4.69, 9.17) is 4.74 Å². The molecule has 2 aromatic carbocycles. The number of morpholine rings is 1. The fourth-order valence-corrected chi connectivity index (χ4v) is 6.11. The molecule has 6 rings (SSSR count). The van der Waals surface area contributed by atoms with Crippen LogP contribution in [0.4, 0.5) is 10.1 Å². The molecule has 2 fully saturated rings. The molecule has 0 aliphatic carbocycles. The summed E-state index contributed by atoms with van der Waals surface area (Å²) in [5.74, 6) is -0.0540. The van der Waals surface area contributed by atoms with E-state index >= 15 is 4.39 Å². The maximum Gasteiger partial charge on any atom is 0.158 e. The number of aromatic nitrogens is 2. The summed E-state index contributed by atoms with van der Waals surface area (Å²) in [4.78, 5) is 17.9. The fraction of sp³-hybridized carbons (Fsp3) is 0.357. The number of nitrogens with one attached hydrogen (secondary N) is 1. The number of hydrogen-bond acceptors (Lipinski definition) is 6. The van der Waals surface area contributed by atoms with Crippen molar-refractivity contribution in [3.8, 4) is 11.3 Å². The zero-order valence-electron chi connectivity index (χ0n) is 20.1. The predicted molar refractivity (Wildman–Crippen MR) is 141 cm³/mol. The van der Waals surface area contributed by atoms with E-state index in [-0.39, 0.29) is 17.6 Å². The molecule has 1 atom stereocenters. The summed E-state index contributed by atoms with van der Waals surface area (Å²) in [5.41, 5.74) is 4.91. The molecule has 1 unspecified atom stereocenters. The van der Waals surface area contributed by atoms with Gasteiger partial charge in [-0.15, -0.1) is 0 Å². The van der Waals surface area contributed by atoms with Gasteiger partial charge in [0.25, 0.3) is 0 Å². The molecule has 4 aromatic rings. The van der Waals surface area contributed by atoms with Gasteiger partial charge in [0.05, 0.1) is 30.5 Å². The number of Topliss-reactive ketones (excluding diaryl/α,β-unsaturated/α-hetero) is 1. The highest BCUT2D eigenvalue weighted by Crippen LogP contribution is 2.32. The molecule has 8 heteroatoms. The SMILES string of the molecule is O=C(Cc1ccc2[nH]nc(-c3ccc(N4CCOCC4)c(F)c3)c2c1)C(c1ccsc1)N1CCCC1. The average Bonchev–Trinajstić information content (AvgIpc) is 3.68. The average molecular weight is 505 g/mol. The number of rotatable bonds is 7. The fourth-order valence-electron chi connectivity index (χ4n) is 5.43. The first kappa shape index (κ1) is 23.3. The van der Waals surface area contributed by atoms with Crippen LogP contribution in [0.15, 0.2) is 53.2 Å². The van der Waals surface area contributed by atoms with Gasteiger partial charge in [0.2, 0.25) is 0 Å². The first-order chi connectivity index (χ1) is 17.7. The maximum atomic E-state index is 15.1. The molecule has 2 aliphatic rings. The van der Waals surface area contributed by atoms with Crippen LogP contribution in [0.5, 0.6) is 0 Å². The van der Waals surface area contributed by atoms with Gasteiger partial charge in [-0.05, 0) is 78.2 Å². The molecule has 186 valence electrons. The van der Waals surface area contributed by atoms with Gasteiger partial charge in [0, 0.05) is 30.5 Å². The van der Waals surface area contributed by atoms with E-state index in [9.17, 15) is 4.79 Å². The first-order valence-electron chi connectivity index (χ1n) is 12.6. The normalized spacial score (nSPS) is 17.6. The number of likely N-dealkylation sites (tertiary alicyclic amines) is 1. The van der Waals surface area contributed by atoms with Gasteiger partial charge >= 0.3 is 0 Å². The van der Waals surface area contributed by atoms with Gasteiger partial charge in [-0.1, -0.05) is 12.1 Å². The lowest BCUT2D eigenvalue weighted by Crippen LogP contribution is -2.36. The zero-order valence-corrected chi connectivity index (χ0v) is 20.9. The van der Waals surface area contributed by atoms with Gasteiger partial charge in [-0.2, -0.15) is 16.4 Å². The molecule has 6 nitrogen and oxygen atoms in total. The molecule has 2 saturated heterocycles. The molecular weight excluding hydrogens is 475 g/mol. The third-order valence-electron chi connectivity index (χ3n) is 7.25. The molecule has 36 heavy (non-hydrogen) atoms. The summed E-state index contributed by atoms with van der Waals surface area (Å²) in [6.07, 6.45) is 2.63. The minimum absolute atomic E-state index is 0.194. The van der Waals surface area contributed by atoms with Crippen LogP contribution in [-0.2, 0) is 16.0 Å². The zero-order chi connectivity index (χ0) is 24.5. The third-order valence-corrected chi connectivity index (χ3v) is 7.95. The van der Waals surface area contributed by atoms with Crippen molar-refractivity contribution in [2.75, 3.05) is 44.3 Å². The Bertz CT molecular complexity index is 1360. The maximum absolute atomic E-state index is 15.1. The van der Waals surface area contributed by atoms with E-state index in [2.05, 4.69) is 26.5 Å². The predicted octanol–water partition coefficient (Wildman–Crippen LogP) is 5.22. The van der Waals surface area contributed by atoms with Crippen LogP contribution in [0.1, 0.15) is 30.0 Å². The van der Waals surface area contributed by atoms with Crippen molar-refractivity contribution in [2.24, 2.45) is 0 Å². The summed E-state index contributed by atoms with van der Waals surface area (Å²) in [5, 5.41) is 12.6. The van der Waals surface area contributed by atoms with Gasteiger partial charge in [-0.25, -0.2) is 4.39 Å². The van der Waals surface area contributed by atoms with E-state index in [1.807, 2.05) is 40.6 Å². The number of ether oxygens (including phenoxy) is 1.